The number of fused-ring (bicyclic) bond motifs is 4. The average Bonchev–Trinajstić information content (AvgIpc) is 2.91. The van der Waals surface area contributed by atoms with E-state index in [1.165, 1.54) is 26.4 Å². The molecule has 2 aromatic rings. The third-order valence-electron chi connectivity index (χ3n) is 8.06. The molecule has 11 nitrogen and oxygen atoms in total. The van der Waals surface area contributed by atoms with E-state index in [0.717, 1.165) is 22.6 Å². The van der Waals surface area contributed by atoms with Crippen molar-refractivity contribution in [3.63, 3.8) is 0 Å². The SMILES string of the molecule is COc1ccc(CCN2C(=O)NC(=O)C3(Cc4cc([N+](=O)[O-])ccc4N4CCC(C)CC43)C2=O)cc1OC. The van der Waals surface area contributed by atoms with Crippen molar-refractivity contribution in [2.75, 3.05) is 32.2 Å². The number of carbonyl (C=O) groups excluding carboxylic acids is 3. The summed E-state index contributed by atoms with van der Waals surface area (Å²) in [6.07, 6.45) is 1.79. The highest BCUT2D eigenvalue weighted by Crippen LogP contribution is 2.49. The topological polar surface area (TPSA) is 131 Å². The molecular weight excluding hydrogens is 492 g/mol. The van der Waals surface area contributed by atoms with E-state index in [1.807, 2.05) is 11.0 Å². The standard InChI is InChI=1S/C27H30N4O7/c1-16-8-10-29-20-6-5-19(31(35)36)14-18(20)15-27(23(29)12-16)24(32)28-26(34)30(25(27)33)11-9-17-4-7-21(37-2)22(13-17)38-3/h4-7,13-14,16,23H,8-12,15H2,1-3H3,(H,28,32,34). The first-order valence-corrected chi connectivity index (χ1v) is 12.6. The first-order chi connectivity index (χ1) is 18.2. The molecule has 38 heavy (non-hydrogen) atoms. The molecule has 200 valence electrons. The van der Waals surface area contributed by atoms with Crippen LogP contribution in [0.1, 0.15) is 30.9 Å². The van der Waals surface area contributed by atoms with Crippen LogP contribution in [-0.4, -0.2) is 61.0 Å². The molecule has 2 aromatic carbocycles. The molecule has 0 saturated carbocycles. The molecule has 1 spiro atoms. The second kappa shape index (κ2) is 9.62. The van der Waals surface area contributed by atoms with Gasteiger partial charge in [0.1, 0.15) is 0 Å². The van der Waals surface area contributed by atoms with Gasteiger partial charge in [0.15, 0.2) is 16.9 Å². The first kappa shape index (κ1) is 25.5. The van der Waals surface area contributed by atoms with Crippen LogP contribution in [0.15, 0.2) is 36.4 Å². The summed E-state index contributed by atoms with van der Waals surface area (Å²) in [6.45, 7) is 2.75. The normalized spacial score (nSPS) is 24.6. The van der Waals surface area contributed by atoms with Crippen molar-refractivity contribution < 1.29 is 28.8 Å². The molecule has 2 saturated heterocycles. The number of anilines is 1. The van der Waals surface area contributed by atoms with E-state index in [-0.39, 0.29) is 24.6 Å². The number of nitrogens with one attached hydrogen (secondary N) is 1. The van der Waals surface area contributed by atoms with Crippen LogP contribution in [0.4, 0.5) is 16.2 Å². The van der Waals surface area contributed by atoms with Crippen molar-refractivity contribution in [3.8, 4) is 11.5 Å². The van der Waals surface area contributed by atoms with Gasteiger partial charge in [0.05, 0.1) is 25.2 Å². The summed E-state index contributed by atoms with van der Waals surface area (Å²) in [6, 6.07) is 8.74. The van der Waals surface area contributed by atoms with Crippen LogP contribution < -0.4 is 19.7 Å². The van der Waals surface area contributed by atoms with Gasteiger partial charge in [-0.05, 0) is 54.5 Å². The Bertz CT molecular complexity index is 1330. The van der Waals surface area contributed by atoms with E-state index in [1.54, 1.807) is 18.2 Å². The molecule has 3 aliphatic heterocycles. The van der Waals surface area contributed by atoms with Crippen molar-refractivity contribution in [2.24, 2.45) is 11.3 Å². The van der Waals surface area contributed by atoms with Crippen LogP contribution >= 0.6 is 0 Å². The maximum Gasteiger partial charge on any atom is 0.330 e. The number of nitrogens with zero attached hydrogens (tertiary/aromatic N) is 3. The largest absolute Gasteiger partial charge is 0.493 e. The lowest BCUT2D eigenvalue weighted by molar-refractivity contribution is -0.384. The Morgan fingerprint density at radius 1 is 1.11 bits per heavy atom. The van der Waals surface area contributed by atoms with Crippen LogP contribution in [0, 0.1) is 21.4 Å². The van der Waals surface area contributed by atoms with Crippen molar-refractivity contribution in [1.82, 2.24) is 10.2 Å². The molecule has 0 aromatic heterocycles. The van der Waals surface area contributed by atoms with E-state index in [9.17, 15) is 24.5 Å². The lowest BCUT2D eigenvalue weighted by atomic mass is 9.65. The number of urea groups is 1. The summed E-state index contributed by atoms with van der Waals surface area (Å²) in [4.78, 5) is 54.8. The van der Waals surface area contributed by atoms with Gasteiger partial charge in [0.25, 0.3) is 5.69 Å². The molecule has 0 bridgehead atoms. The Balaban J connectivity index is 1.51. The molecule has 3 atom stereocenters. The zero-order chi connectivity index (χ0) is 27.2. The zero-order valence-electron chi connectivity index (χ0n) is 21.6. The van der Waals surface area contributed by atoms with Crippen LogP contribution in [0.25, 0.3) is 0 Å². The summed E-state index contributed by atoms with van der Waals surface area (Å²) in [5, 5.41) is 13.9. The fraction of sp³-hybridized carbons (Fsp3) is 0.444. The first-order valence-electron chi connectivity index (χ1n) is 12.6. The number of hydrogen-bond acceptors (Lipinski definition) is 8. The second-order valence-corrected chi connectivity index (χ2v) is 10.2. The number of nitro groups is 1. The number of non-ortho nitro benzene ring substituents is 1. The predicted molar refractivity (Wildman–Crippen MR) is 137 cm³/mol. The number of amides is 4. The predicted octanol–water partition coefficient (Wildman–Crippen LogP) is 3.08. The van der Waals surface area contributed by atoms with Crippen LogP contribution in [0.5, 0.6) is 11.5 Å². The van der Waals surface area contributed by atoms with E-state index >= 15 is 0 Å². The molecule has 3 aliphatic rings. The minimum atomic E-state index is -1.57. The van der Waals surface area contributed by atoms with Gasteiger partial charge in [-0.25, -0.2) is 4.79 Å². The lowest BCUT2D eigenvalue weighted by Crippen LogP contribution is -2.73. The number of barbiturate groups is 1. The Labute approximate surface area is 219 Å². The summed E-state index contributed by atoms with van der Waals surface area (Å²) < 4.78 is 10.6. The Hall–Kier alpha value is -4.15. The molecule has 2 fully saturated rings. The third kappa shape index (κ3) is 4.02. The highest BCUT2D eigenvalue weighted by atomic mass is 16.6. The molecule has 0 aliphatic carbocycles. The molecule has 5 rings (SSSR count). The smallest absolute Gasteiger partial charge is 0.330 e. The molecule has 4 amide bonds. The summed E-state index contributed by atoms with van der Waals surface area (Å²) >= 11 is 0. The van der Waals surface area contributed by atoms with Gasteiger partial charge in [-0.2, -0.15) is 0 Å². The number of ether oxygens (including phenoxy) is 2. The van der Waals surface area contributed by atoms with Crippen LogP contribution in [0.2, 0.25) is 0 Å². The highest BCUT2D eigenvalue weighted by molar-refractivity contribution is 6.20. The Morgan fingerprint density at radius 2 is 1.87 bits per heavy atom. The van der Waals surface area contributed by atoms with Crippen molar-refractivity contribution in [2.45, 2.75) is 38.6 Å². The molecule has 3 heterocycles. The highest BCUT2D eigenvalue weighted by Gasteiger charge is 2.62. The Kier molecular flexibility index (Phi) is 6.46. The van der Waals surface area contributed by atoms with E-state index in [4.69, 9.17) is 9.47 Å². The van der Waals surface area contributed by atoms with Gasteiger partial charge >= 0.3 is 6.03 Å². The maximum atomic E-state index is 14.2. The molecule has 11 heteroatoms. The number of methoxy groups -OCH3 is 2. The van der Waals surface area contributed by atoms with E-state index in [0.29, 0.717) is 36.4 Å². The fourth-order valence-electron chi connectivity index (χ4n) is 6.06. The maximum absolute atomic E-state index is 14.2. The second-order valence-electron chi connectivity index (χ2n) is 10.2. The van der Waals surface area contributed by atoms with E-state index in [2.05, 4.69) is 12.2 Å². The van der Waals surface area contributed by atoms with Gasteiger partial charge in [-0.15, -0.1) is 0 Å². The van der Waals surface area contributed by atoms with Gasteiger partial charge in [0.2, 0.25) is 11.8 Å². The third-order valence-corrected chi connectivity index (χ3v) is 8.06. The van der Waals surface area contributed by atoms with Gasteiger partial charge in [-0.3, -0.25) is 29.9 Å². The zero-order valence-corrected chi connectivity index (χ0v) is 21.6. The van der Waals surface area contributed by atoms with Gasteiger partial charge < -0.3 is 14.4 Å². The monoisotopic (exact) mass is 522 g/mol. The number of rotatable bonds is 6. The lowest BCUT2D eigenvalue weighted by Gasteiger charge is -2.54. The van der Waals surface area contributed by atoms with Crippen molar-refractivity contribution in [3.05, 3.63) is 57.6 Å². The molecule has 0 radical (unpaired) electrons. The van der Waals surface area contributed by atoms with Crippen LogP contribution in [-0.2, 0) is 22.4 Å². The molecule has 1 N–H and O–H groups in total. The molecule has 3 unspecified atom stereocenters. The van der Waals surface area contributed by atoms with Gasteiger partial charge in [-0.1, -0.05) is 13.0 Å². The summed E-state index contributed by atoms with van der Waals surface area (Å²) in [5.74, 6) is 0.160. The van der Waals surface area contributed by atoms with Crippen molar-refractivity contribution in [1.29, 1.82) is 0 Å². The summed E-state index contributed by atoms with van der Waals surface area (Å²) in [7, 11) is 3.07. The number of imide groups is 2. The Morgan fingerprint density at radius 3 is 2.58 bits per heavy atom. The minimum Gasteiger partial charge on any atom is -0.493 e. The van der Waals surface area contributed by atoms with Gasteiger partial charge in [0, 0.05) is 37.3 Å². The summed E-state index contributed by atoms with van der Waals surface area (Å²) in [5.41, 5.74) is 0.511. The fourth-order valence-corrected chi connectivity index (χ4v) is 6.06. The minimum absolute atomic E-state index is 0.0112. The van der Waals surface area contributed by atoms with Crippen LogP contribution in [0.3, 0.4) is 0 Å². The molecular formula is C27H30N4O7. The number of piperidine rings is 1. The van der Waals surface area contributed by atoms with Crippen molar-refractivity contribution >= 4 is 29.2 Å². The quantitative estimate of drug-likeness (QED) is 0.348. The van der Waals surface area contributed by atoms with E-state index < -0.39 is 34.2 Å². The number of nitro benzene ring substituents is 1. The number of benzene rings is 2. The number of carbonyl (C=O) groups is 3. The number of hydrogen-bond donors (Lipinski definition) is 1. The average molecular weight is 523 g/mol.